The number of para-hydroxylation sites is 1. The van der Waals surface area contributed by atoms with Crippen LogP contribution in [0, 0.1) is 0 Å². The summed E-state index contributed by atoms with van der Waals surface area (Å²) in [6.45, 7) is 0.183. The van der Waals surface area contributed by atoms with Crippen molar-refractivity contribution in [2.75, 3.05) is 13.7 Å². The molecule has 1 atom stereocenters. The number of halogens is 1. The van der Waals surface area contributed by atoms with E-state index in [0.29, 0.717) is 21.7 Å². The molecule has 0 bridgehead atoms. The van der Waals surface area contributed by atoms with Crippen molar-refractivity contribution in [2.24, 2.45) is 0 Å². The van der Waals surface area contributed by atoms with Crippen LogP contribution in [0.5, 0.6) is 5.75 Å². The summed E-state index contributed by atoms with van der Waals surface area (Å²) in [5.41, 5.74) is 0.0971. The van der Waals surface area contributed by atoms with Crippen molar-refractivity contribution >= 4 is 28.5 Å². The molecule has 0 fully saturated rings. The molecule has 2 N–H and O–H groups in total. The number of fused-ring (bicyclic) bond motifs is 1. The fourth-order valence-corrected chi connectivity index (χ4v) is 2.93. The van der Waals surface area contributed by atoms with Gasteiger partial charge in [0.05, 0.1) is 13.2 Å². The highest BCUT2D eigenvalue weighted by Crippen LogP contribution is 2.24. The third kappa shape index (κ3) is 4.30. The van der Waals surface area contributed by atoms with Crippen molar-refractivity contribution in [1.29, 1.82) is 0 Å². The van der Waals surface area contributed by atoms with E-state index in [-0.39, 0.29) is 24.1 Å². The van der Waals surface area contributed by atoms with Gasteiger partial charge in [-0.15, -0.1) is 0 Å². The number of methoxy groups -OCH3 is 1. The number of amides is 1. The summed E-state index contributed by atoms with van der Waals surface area (Å²) in [7, 11) is 1.47. The third-order valence-corrected chi connectivity index (χ3v) is 4.36. The van der Waals surface area contributed by atoms with E-state index in [1.54, 1.807) is 42.5 Å². The second kappa shape index (κ2) is 8.24. The van der Waals surface area contributed by atoms with Gasteiger partial charge in [-0.3, -0.25) is 4.79 Å². The average molecular weight is 388 g/mol. The highest BCUT2D eigenvalue weighted by Gasteiger charge is 2.16. The molecule has 0 aliphatic carbocycles. The Balaban J connectivity index is 1.69. The molecule has 0 saturated carbocycles. The number of carbonyl (C=O) groups excluding carboxylic acids is 1. The first-order valence-electron chi connectivity index (χ1n) is 8.32. The molecule has 0 unspecified atom stereocenters. The smallest absolute Gasteiger partial charge is 0.349 e. The number of rotatable bonds is 6. The number of nitrogens with one attached hydrogen (secondary N) is 1. The minimum Gasteiger partial charge on any atom is -0.493 e. The molecule has 7 heteroatoms. The number of aliphatic hydroxyl groups excluding tert-OH is 1. The molecule has 1 aromatic heterocycles. The predicted octanol–water partition coefficient (Wildman–Crippen LogP) is 3.31. The number of hydrogen-bond donors (Lipinski definition) is 2. The highest BCUT2D eigenvalue weighted by atomic mass is 35.5. The first-order valence-corrected chi connectivity index (χ1v) is 8.70. The molecular weight excluding hydrogens is 370 g/mol. The van der Waals surface area contributed by atoms with Crippen LogP contribution in [-0.4, -0.2) is 24.7 Å². The first-order chi connectivity index (χ1) is 13.0. The maximum Gasteiger partial charge on any atom is 0.349 e. The number of ether oxygens (including phenoxy) is 1. The molecule has 0 aliphatic rings. The van der Waals surface area contributed by atoms with E-state index in [4.69, 9.17) is 20.8 Å². The molecule has 0 aliphatic heterocycles. The molecule has 0 spiro atoms. The number of benzene rings is 2. The van der Waals surface area contributed by atoms with Crippen LogP contribution in [0.4, 0.5) is 0 Å². The second-order valence-corrected chi connectivity index (χ2v) is 6.38. The fourth-order valence-electron chi connectivity index (χ4n) is 2.73. The Morgan fingerprint density at radius 2 is 2.04 bits per heavy atom. The van der Waals surface area contributed by atoms with E-state index < -0.39 is 17.6 Å². The van der Waals surface area contributed by atoms with Gasteiger partial charge in [-0.1, -0.05) is 35.9 Å². The molecule has 1 heterocycles. The zero-order valence-corrected chi connectivity index (χ0v) is 15.3. The van der Waals surface area contributed by atoms with Crippen molar-refractivity contribution in [3.05, 3.63) is 75.1 Å². The molecule has 140 valence electrons. The van der Waals surface area contributed by atoms with Crippen LogP contribution in [0.2, 0.25) is 5.02 Å². The predicted molar refractivity (Wildman–Crippen MR) is 102 cm³/mol. The average Bonchev–Trinajstić information content (AvgIpc) is 2.66. The van der Waals surface area contributed by atoms with Gasteiger partial charge in [-0.25, -0.2) is 4.79 Å². The Labute approximate surface area is 160 Å². The van der Waals surface area contributed by atoms with Crippen LogP contribution >= 0.6 is 11.6 Å². The van der Waals surface area contributed by atoms with Gasteiger partial charge in [-0.2, -0.15) is 0 Å². The zero-order chi connectivity index (χ0) is 19.4. The third-order valence-electron chi connectivity index (χ3n) is 4.13. The number of carbonyl (C=O) groups is 1. The Morgan fingerprint density at radius 3 is 2.78 bits per heavy atom. The summed E-state index contributed by atoms with van der Waals surface area (Å²) in [4.78, 5) is 24.5. The highest BCUT2D eigenvalue weighted by molar-refractivity contribution is 6.30. The Hall–Kier alpha value is -2.83. The van der Waals surface area contributed by atoms with E-state index in [2.05, 4.69) is 5.32 Å². The summed E-state index contributed by atoms with van der Waals surface area (Å²) in [5.74, 6) is -0.145. The summed E-state index contributed by atoms with van der Waals surface area (Å²) < 4.78 is 10.4. The molecule has 6 nitrogen and oxygen atoms in total. The van der Waals surface area contributed by atoms with Gasteiger partial charge >= 0.3 is 5.63 Å². The molecule has 2 aromatic carbocycles. The van der Waals surface area contributed by atoms with Crippen LogP contribution in [0.15, 0.2) is 57.7 Å². The summed E-state index contributed by atoms with van der Waals surface area (Å²) in [6, 6.07) is 13.5. The Kier molecular flexibility index (Phi) is 5.78. The maximum atomic E-state index is 12.3. The van der Waals surface area contributed by atoms with Crippen LogP contribution in [0.25, 0.3) is 11.0 Å². The van der Waals surface area contributed by atoms with Crippen LogP contribution in [0.3, 0.4) is 0 Å². The second-order valence-electron chi connectivity index (χ2n) is 5.94. The largest absolute Gasteiger partial charge is 0.493 e. The molecule has 0 radical (unpaired) electrons. The van der Waals surface area contributed by atoms with Gasteiger partial charge in [0.25, 0.3) is 5.91 Å². The van der Waals surface area contributed by atoms with Gasteiger partial charge in [0.1, 0.15) is 5.56 Å². The van der Waals surface area contributed by atoms with Gasteiger partial charge < -0.3 is 19.6 Å². The lowest BCUT2D eigenvalue weighted by Gasteiger charge is -2.12. The standard InChI is InChI=1S/C20H18ClNO5/c1-26-17-7-3-5-13-11-15(20(25)27-18(13)17)19(24)22-9-8-16(23)12-4-2-6-14(21)10-12/h2-7,10-11,16,23H,8-9H2,1H3,(H,22,24)/t16-/m0/s1. The molecule has 3 rings (SSSR count). The van der Waals surface area contributed by atoms with E-state index in [1.807, 2.05) is 0 Å². The lowest BCUT2D eigenvalue weighted by molar-refractivity contribution is 0.0939. The first kappa shape index (κ1) is 18.9. The molecule has 0 saturated heterocycles. The van der Waals surface area contributed by atoms with Gasteiger partial charge in [-0.05, 0) is 36.2 Å². The normalized spacial score (nSPS) is 12.0. The Morgan fingerprint density at radius 1 is 1.26 bits per heavy atom. The molecule has 3 aromatic rings. The van der Waals surface area contributed by atoms with Crippen molar-refractivity contribution in [1.82, 2.24) is 5.32 Å². The molecule has 1 amide bonds. The summed E-state index contributed by atoms with van der Waals surface area (Å²) in [6.07, 6.45) is -0.500. The van der Waals surface area contributed by atoms with Crippen molar-refractivity contribution in [3.63, 3.8) is 0 Å². The van der Waals surface area contributed by atoms with E-state index >= 15 is 0 Å². The summed E-state index contributed by atoms with van der Waals surface area (Å²) in [5, 5.41) is 13.9. The van der Waals surface area contributed by atoms with Crippen molar-refractivity contribution < 1.29 is 19.1 Å². The minimum atomic E-state index is -0.777. The minimum absolute atomic E-state index is 0.104. The van der Waals surface area contributed by atoms with E-state index in [1.165, 1.54) is 13.2 Å². The van der Waals surface area contributed by atoms with Crippen molar-refractivity contribution in [2.45, 2.75) is 12.5 Å². The lowest BCUT2D eigenvalue weighted by Crippen LogP contribution is -2.29. The van der Waals surface area contributed by atoms with Gasteiger partial charge in [0, 0.05) is 17.0 Å². The summed E-state index contributed by atoms with van der Waals surface area (Å²) >= 11 is 5.91. The molecule has 27 heavy (non-hydrogen) atoms. The topological polar surface area (TPSA) is 88.8 Å². The lowest BCUT2D eigenvalue weighted by atomic mass is 10.1. The van der Waals surface area contributed by atoms with Gasteiger partial charge in [0.2, 0.25) is 0 Å². The monoisotopic (exact) mass is 387 g/mol. The molecular formula is C20H18ClNO5. The van der Waals surface area contributed by atoms with Crippen LogP contribution in [0.1, 0.15) is 28.4 Å². The number of aliphatic hydroxyl groups is 1. The fraction of sp³-hybridized carbons (Fsp3) is 0.200. The van der Waals surface area contributed by atoms with Gasteiger partial charge in [0.15, 0.2) is 11.3 Å². The zero-order valence-electron chi connectivity index (χ0n) is 14.6. The quantitative estimate of drug-likeness (QED) is 0.633. The Bertz CT molecular complexity index is 1030. The maximum absolute atomic E-state index is 12.3. The number of hydrogen-bond acceptors (Lipinski definition) is 5. The van der Waals surface area contributed by atoms with E-state index in [0.717, 1.165) is 0 Å². The SMILES string of the molecule is COc1cccc2cc(C(=O)NCC[C@H](O)c3cccc(Cl)c3)c(=O)oc12. The van der Waals surface area contributed by atoms with Crippen LogP contribution in [-0.2, 0) is 0 Å². The van der Waals surface area contributed by atoms with E-state index in [9.17, 15) is 14.7 Å². The van der Waals surface area contributed by atoms with Crippen LogP contribution < -0.4 is 15.7 Å². The van der Waals surface area contributed by atoms with Crippen molar-refractivity contribution in [3.8, 4) is 5.75 Å².